The molecular weight excluding hydrogens is 512 g/mol. The van der Waals surface area contributed by atoms with Gasteiger partial charge in [-0.3, -0.25) is 4.79 Å². The molecule has 1 saturated heterocycles. The molecule has 1 aromatic heterocycles. The molecule has 9 heteroatoms. The number of rotatable bonds is 5. The molecule has 0 atom stereocenters. The van der Waals surface area contributed by atoms with Crippen LogP contribution in [-0.4, -0.2) is 73.4 Å². The van der Waals surface area contributed by atoms with Crippen LogP contribution >= 0.6 is 0 Å². The lowest BCUT2D eigenvalue weighted by molar-refractivity contribution is 0.0664. The van der Waals surface area contributed by atoms with Crippen LogP contribution in [0.25, 0.3) is 33.2 Å². The van der Waals surface area contributed by atoms with E-state index in [1.54, 1.807) is 36.4 Å². The summed E-state index contributed by atoms with van der Waals surface area (Å²) in [7, 11) is -0.658. The van der Waals surface area contributed by atoms with Crippen LogP contribution in [0.4, 0.5) is 0 Å². The Morgan fingerprint density at radius 2 is 1.59 bits per heavy atom. The van der Waals surface area contributed by atoms with E-state index in [1.807, 2.05) is 54.4 Å². The van der Waals surface area contributed by atoms with Crippen LogP contribution in [0, 0.1) is 0 Å². The fraction of sp³-hybridized carbons (Fsp3) is 0.200. The van der Waals surface area contributed by atoms with Gasteiger partial charge in [-0.25, -0.2) is 17.4 Å². The number of carbonyl (C=O) groups excluding carboxylic acids is 1. The minimum Gasteiger partial charge on any atom is -0.495 e. The summed E-state index contributed by atoms with van der Waals surface area (Å²) in [4.78, 5) is 22.2. The quantitative estimate of drug-likeness (QED) is 0.327. The van der Waals surface area contributed by atoms with Crippen LogP contribution in [0.1, 0.15) is 10.4 Å². The molecule has 5 aromatic rings. The summed E-state index contributed by atoms with van der Waals surface area (Å²) in [5, 5.41) is 1.84. The van der Waals surface area contributed by atoms with Gasteiger partial charge in [-0.15, -0.1) is 0 Å². The van der Waals surface area contributed by atoms with Crippen molar-refractivity contribution in [2.75, 3.05) is 40.3 Å². The largest absolute Gasteiger partial charge is 0.495 e. The summed E-state index contributed by atoms with van der Waals surface area (Å²) >= 11 is 0. The molecule has 198 valence electrons. The maximum atomic E-state index is 14.3. The Kier molecular flexibility index (Phi) is 6.32. The number of fused-ring (bicyclic) bond motifs is 2. The number of hydrogen-bond donors (Lipinski definition) is 0. The molecule has 1 aliphatic heterocycles. The predicted octanol–water partition coefficient (Wildman–Crippen LogP) is 4.49. The minimum absolute atomic E-state index is 0.0332. The number of ether oxygens (including phenoxy) is 1. The maximum absolute atomic E-state index is 14.3. The van der Waals surface area contributed by atoms with Gasteiger partial charge in [-0.1, -0.05) is 54.6 Å². The first-order chi connectivity index (χ1) is 18.9. The Morgan fingerprint density at radius 3 is 2.38 bits per heavy atom. The fourth-order valence-corrected chi connectivity index (χ4v) is 6.78. The third-order valence-corrected chi connectivity index (χ3v) is 9.01. The van der Waals surface area contributed by atoms with Crippen molar-refractivity contribution in [3.63, 3.8) is 0 Å². The van der Waals surface area contributed by atoms with Crippen LogP contribution < -0.4 is 4.74 Å². The Bertz CT molecular complexity index is 1820. The first kappa shape index (κ1) is 25.1. The number of likely N-dealkylation sites (N-methyl/N-ethyl adjacent to an activating group) is 1. The zero-order valence-electron chi connectivity index (χ0n) is 21.7. The number of methoxy groups -OCH3 is 1. The zero-order chi connectivity index (χ0) is 27.1. The fourth-order valence-electron chi connectivity index (χ4n) is 5.15. The highest BCUT2D eigenvalue weighted by Crippen LogP contribution is 2.36. The number of nitrogens with zero attached hydrogens (tertiary/aromatic N) is 4. The van der Waals surface area contributed by atoms with Crippen LogP contribution in [0.5, 0.6) is 5.75 Å². The first-order valence-corrected chi connectivity index (χ1v) is 14.2. The summed E-state index contributed by atoms with van der Waals surface area (Å²) in [5.41, 5.74) is 1.97. The number of piperazine rings is 1. The van der Waals surface area contributed by atoms with Gasteiger partial charge < -0.3 is 14.5 Å². The highest BCUT2D eigenvalue weighted by Gasteiger charge is 2.29. The number of benzene rings is 4. The molecule has 2 heterocycles. The smallest absolute Gasteiger partial charge is 0.273 e. The summed E-state index contributed by atoms with van der Waals surface area (Å²) < 4.78 is 35.2. The molecule has 6 rings (SSSR count). The predicted molar refractivity (Wildman–Crippen MR) is 152 cm³/mol. The molecule has 0 N–H and O–H groups in total. The monoisotopic (exact) mass is 540 g/mol. The minimum atomic E-state index is -4.14. The molecule has 0 radical (unpaired) electrons. The molecule has 0 aliphatic carbocycles. The van der Waals surface area contributed by atoms with Gasteiger partial charge in [-0.05, 0) is 48.2 Å². The average molecular weight is 541 g/mol. The van der Waals surface area contributed by atoms with Gasteiger partial charge in [-0.2, -0.15) is 0 Å². The second kappa shape index (κ2) is 9.83. The average Bonchev–Trinajstić information content (AvgIpc) is 3.36. The van der Waals surface area contributed by atoms with Crippen molar-refractivity contribution >= 4 is 37.7 Å². The molecule has 4 aromatic carbocycles. The van der Waals surface area contributed by atoms with E-state index in [9.17, 15) is 13.2 Å². The number of hydrogen-bond acceptors (Lipinski definition) is 6. The second-order valence-corrected chi connectivity index (χ2v) is 11.4. The zero-order valence-corrected chi connectivity index (χ0v) is 22.6. The van der Waals surface area contributed by atoms with E-state index in [2.05, 4.69) is 4.90 Å². The molecule has 0 bridgehead atoms. The molecule has 1 fully saturated rings. The Labute approximate surface area is 227 Å². The van der Waals surface area contributed by atoms with E-state index >= 15 is 0 Å². The number of carbonyl (C=O) groups is 1. The summed E-state index contributed by atoms with van der Waals surface area (Å²) in [6.45, 7) is 2.91. The molecule has 1 amide bonds. The van der Waals surface area contributed by atoms with E-state index in [4.69, 9.17) is 9.72 Å². The van der Waals surface area contributed by atoms with Crippen molar-refractivity contribution in [3.8, 4) is 17.1 Å². The third-order valence-electron chi connectivity index (χ3n) is 7.27. The van der Waals surface area contributed by atoms with Crippen LogP contribution in [-0.2, 0) is 10.0 Å². The summed E-state index contributed by atoms with van der Waals surface area (Å²) in [5.74, 6) is 0.431. The van der Waals surface area contributed by atoms with Gasteiger partial charge >= 0.3 is 0 Å². The van der Waals surface area contributed by atoms with Gasteiger partial charge in [0.1, 0.15) is 10.6 Å². The Balaban J connectivity index is 1.58. The molecule has 8 nitrogen and oxygen atoms in total. The van der Waals surface area contributed by atoms with E-state index < -0.39 is 10.0 Å². The van der Waals surface area contributed by atoms with Crippen molar-refractivity contribution in [2.24, 2.45) is 0 Å². The van der Waals surface area contributed by atoms with Crippen molar-refractivity contribution in [1.82, 2.24) is 18.8 Å². The third kappa shape index (κ3) is 4.33. The van der Waals surface area contributed by atoms with Crippen molar-refractivity contribution in [1.29, 1.82) is 0 Å². The number of aromatic nitrogens is 2. The highest BCUT2D eigenvalue weighted by molar-refractivity contribution is 7.90. The van der Waals surface area contributed by atoms with E-state index in [0.29, 0.717) is 35.2 Å². The summed E-state index contributed by atoms with van der Waals surface area (Å²) in [6.07, 6.45) is 0. The number of amides is 1. The molecule has 39 heavy (non-hydrogen) atoms. The Morgan fingerprint density at radius 1 is 0.872 bits per heavy atom. The van der Waals surface area contributed by atoms with Crippen molar-refractivity contribution < 1.29 is 17.9 Å². The van der Waals surface area contributed by atoms with Crippen LogP contribution in [0.3, 0.4) is 0 Å². The topological polar surface area (TPSA) is 84.7 Å². The summed E-state index contributed by atoms with van der Waals surface area (Å²) in [6, 6.07) is 25.1. The lowest BCUT2D eigenvalue weighted by Crippen LogP contribution is -2.47. The number of para-hydroxylation sites is 1. The van der Waals surface area contributed by atoms with E-state index in [-0.39, 0.29) is 22.4 Å². The maximum Gasteiger partial charge on any atom is 0.273 e. The van der Waals surface area contributed by atoms with Crippen molar-refractivity contribution in [3.05, 3.63) is 90.5 Å². The Hall–Kier alpha value is -4.21. The van der Waals surface area contributed by atoms with E-state index in [0.717, 1.165) is 23.9 Å². The normalized spacial score (nSPS) is 14.7. The molecule has 0 spiro atoms. The lowest BCUT2D eigenvalue weighted by atomic mass is 10.0. The van der Waals surface area contributed by atoms with Gasteiger partial charge in [0.05, 0.1) is 18.1 Å². The highest BCUT2D eigenvalue weighted by atomic mass is 32.2. The van der Waals surface area contributed by atoms with Gasteiger partial charge in [0, 0.05) is 37.3 Å². The van der Waals surface area contributed by atoms with Gasteiger partial charge in [0.15, 0.2) is 5.82 Å². The van der Waals surface area contributed by atoms with Crippen LogP contribution in [0.15, 0.2) is 89.8 Å². The lowest BCUT2D eigenvalue weighted by Gasteiger charge is -2.32. The second-order valence-electron chi connectivity index (χ2n) is 9.68. The first-order valence-electron chi connectivity index (χ1n) is 12.8. The standard InChI is InChI=1S/C30H28N4O4S/c1-32-16-18-33(19-17-32)30(35)22-14-15-26-25(20-22)31-29(24-11-7-9-21-8-3-4-10-23(21)24)34(26)39(36,37)28-13-6-5-12-27(28)38-2/h3-15,20H,16-19H2,1-2H3. The van der Waals surface area contributed by atoms with Gasteiger partial charge in [0.25, 0.3) is 15.9 Å². The molecular formula is C30H28N4O4S. The molecule has 0 saturated carbocycles. The SMILES string of the molecule is COc1ccccc1S(=O)(=O)n1c(-c2cccc3ccccc23)nc2cc(C(=O)N3CCN(C)CC3)ccc21. The van der Waals surface area contributed by atoms with Crippen molar-refractivity contribution in [2.45, 2.75) is 4.90 Å². The van der Waals surface area contributed by atoms with Crippen LogP contribution in [0.2, 0.25) is 0 Å². The molecule has 0 unspecified atom stereocenters. The van der Waals surface area contributed by atoms with E-state index in [1.165, 1.54) is 17.1 Å². The molecule has 1 aliphatic rings. The van der Waals surface area contributed by atoms with Gasteiger partial charge in [0.2, 0.25) is 0 Å². The number of imidazole rings is 1.